The minimum absolute atomic E-state index is 0.0829. The van der Waals surface area contributed by atoms with Crippen LogP contribution in [0.2, 0.25) is 0 Å². The molecule has 0 saturated heterocycles. The number of aromatic hydroxyl groups is 2. The Labute approximate surface area is 136 Å². The molecule has 0 bridgehead atoms. The summed E-state index contributed by atoms with van der Waals surface area (Å²) in [7, 11) is 0. The number of hydrogen-bond acceptors (Lipinski definition) is 8. The van der Waals surface area contributed by atoms with Gasteiger partial charge in [-0.1, -0.05) is 6.07 Å². The Morgan fingerprint density at radius 1 is 1.21 bits per heavy atom. The number of ether oxygens (including phenoxy) is 2. The number of aliphatic hydroxyl groups excluding tert-OH is 1. The molecule has 4 N–H and O–H groups in total. The van der Waals surface area contributed by atoms with Crippen LogP contribution in [0.1, 0.15) is 12.5 Å². The smallest absolute Gasteiger partial charge is 0.348 e. The van der Waals surface area contributed by atoms with Crippen LogP contribution in [0.15, 0.2) is 24.3 Å². The van der Waals surface area contributed by atoms with Crippen LogP contribution in [0, 0.1) is 0 Å². The van der Waals surface area contributed by atoms with Gasteiger partial charge in [-0.15, -0.1) is 0 Å². The summed E-state index contributed by atoms with van der Waals surface area (Å²) in [6.07, 6.45) is -2.29. The molecule has 0 aliphatic rings. The van der Waals surface area contributed by atoms with Crippen LogP contribution in [0.3, 0.4) is 0 Å². The largest absolute Gasteiger partial charge is 0.504 e. The molecule has 9 nitrogen and oxygen atoms in total. The predicted molar refractivity (Wildman–Crippen MR) is 79.0 cm³/mol. The second-order valence-electron chi connectivity index (χ2n) is 4.47. The summed E-state index contributed by atoms with van der Waals surface area (Å²) in [5.41, 5.74) is 0.320. The average Bonchev–Trinajstić information content (AvgIpc) is 2.53. The van der Waals surface area contributed by atoms with E-state index in [1.54, 1.807) is 0 Å². The van der Waals surface area contributed by atoms with Crippen molar-refractivity contribution in [1.29, 1.82) is 0 Å². The van der Waals surface area contributed by atoms with Crippen LogP contribution in [-0.4, -0.2) is 57.1 Å². The molecule has 0 aliphatic heterocycles. The van der Waals surface area contributed by atoms with Crippen LogP contribution in [0.4, 0.5) is 0 Å². The van der Waals surface area contributed by atoms with Crippen LogP contribution >= 0.6 is 0 Å². The quantitative estimate of drug-likeness (QED) is 0.306. The minimum Gasteiger partial charge on any atom is -0.504 e. The number of benzene rings is 1. The molecule has 1 rings (SSSR count). The monoisotopic (exact) mass is 340 g/mol. The number of hydrogen-bond donors (Lipinski definition) is 4. The van der Waals surface area contributed by atoms with Gasteiger partial charge in [-0.25, -0.2) is 14.4 Å². The minimum atomic E-state index is -2.17. The molecule has 1 aromatic carbocycles. The third-order valence-electron chi connectivity index (χ3n) is 2.71. The zero-order valence-corrected chi connectivity index (χ0v) is 12.6. The summed E-state index contributed by atoms with van der Waals surface area (Å²) >= 11 is 0. The number of phenolic OH excluding ortho intramolecular Hbond substituents is 2. The van der Waals surface area contributed by atoms with E-state index in [1.807, 2.05) is 0 Å². The van der Waals surface area contributed by atoms with E-state index in [0.29, 0.717) is 5.56 Å². The van der Waals surface area contributed by atoms with Crippen molar-refractivity contribution in [3.8, 4) is 11.5 Å². The maximum atomic E-state index is 11.6. The highest BCUT2D eigenvalue weighted by atomic mass is 16.6. The first kappa shape index (κ1) is 19.0. The zero-order valence-electron chi connectivity index (χ0n) is 12.6. The summed E-state index contributed by atoms with van der Waals surface area (Å²) in [5, 5.41) is 37.0. The van der Waals surface area contributed by atoms with Gasteiger partial charge in [0, 0.05) is 6.08 Å². The first-order valence-corrected chi connectivity index (χ1v) is 6.74. The number of carboxylic acid groups (broad SMARTS) is 1. The first-order valence-electron chi connectivity index (χ1n) is 6.74. The molecule has 0 saturated carbocycles. The molecule has 24 heavy (non-hydrogen) atoms. The van der Waals surface area contributed by atoms with Crippen molar-refractivity contribution in [2.45, 2.75) is 19.1 Å². The Balaban J connectivity index is 2.78. The molecule has 0 heterocycles. The highest BCUT2D eigenvalue weighted by Gasteiger charge is 2.36. The van der Waals surface area contributed by atoms with Gasteiger partial charge >= 0.3 is 17.9 Å². The molecule has 1 aromatic rings. The molecule has 130 valence electrons. The fourth-order valence-corrected chi connectivity index (χ4v) is 1.57. The summed E-state index contributed by atoms with van der Waals surface area (Å²) in [6.45, 7) is 1.38. The number of esters is 2. The van der Waals surface area contributed by atoms with Gasteiger partial charge in [0.25, 0.3) is 0 Å². The van der Waals surface area contributed by atoms with Gasteiger partial charge in [-0.2, -0.15) is 0 Å². The number of aliphatic hydroxyl groups is 1. The number of aliphatic carboxylic acids is 1. The molecular weight excluding hydrogens is 324 g/mol. The lowest BCUT2D eigenvalue weighted by Gasteiger charge is -2.17. The van der Waals surface area contributed by atoms with E-state index in [2.05, 4.69) is 9.47 Å². The summed E-state index contributed by atoms with van der Waals surface area (Å²) in [6, 6.07) is 3.72. The topological polar surface area (TPSA) is 151 Å². The number of phenols is 2. The molecule has 0 aromatic heterocycles. The number of carbonyl (C=O) groups excluding carboxylic acids is 2. The Bertz CT molecular complexity index is 650. The van der Waals surface area contributed by atoms with Gasteiger partial charge in [-0.05, 0) is 30.7 Å². The third kappa shape index (κ3) is 5.29. The molecule has 9 heteroatoms. The molecule has 0 amide bonds. The van der Waals surface area contributed by atoms with Crippen molar-refractivity contribution in [3.05, 3.63) is 29.8 Å². The van der Waals surface area contributed by atoms with E-state index in [-0.39, 0.29) is 12.4 Å². The van der Waals surface area contributed by atoms with E-state index >= 15 is 0 Å². The van der Waals surface area contributed by atoms with E-state index in [0.717, 1.165) is 12.1 Å². The van der Waals surface area contributed by atoms with Crippen molar-refractivity contribution in [2.75, 3.05) is 6.61 Å². The lowest BCUT2D eigenvalue weighted by atomic mass is 10.2. The number of carboxylic acids is 1. The maximum Gasteiger partial charge on any atom is 0.348 e. The maximum absolute atomic E-state index is 11.6. The Morgan fingerprint density at radius 2 is 1.88 bits per heavy atom. The number of carbonyl (C=O) groups is 3. The van der Waals surface area contributed by atoms with Crippen molar-refractivity contribution in [3.63, 3.8) is 0 Å². The Morgan fingerprint density at radius 3 is 2.42 bits per heavy atom. The van der Waals surface area contributed by atoms with E-state index in [9.17, 15) is 24.6 Å². The van der Waals surface area contributed by atoms with Gasteiger partial charge < -0.3 is 29.9 Å². The molecule has 0 aliphatic carbocycles. The lowest BCUT2D eigenvalue weighted by Crippen LogP contribution is -2.43. The highest BCUT2D eigenvalue weighted by Crippen LogP contribution is 2.25. The van der Waals surface area contributed by atoms with Crippen molar-refractivity contribution in [2.24, 2.45) is 0 Å². The highest BCUT2D eigenvalue weighted by molar-refractivity contribution is 5.91. The van der Waals surface area contributed by atoms with Crippen molar-refractivity contribution >= 4 is 24.0 Å². The van der Waals surface area contributed by atoms with E-state index < -0.39 is 35.9 Å². The van der Waals surface area contributed by atoms with Gasteiger partial charge in [0.15, 0.2) is 17.6 Å². The zero-order chi connectivity index (χ0) is 18.3. The summed E-state index contributed by atoms with van der Waals surface area (Å²) in [4.78, 5) is 34.0. The molecular formula is C15H16O9. The SMILES string of the molecule is CCOC(=O)[C@H](O)[C@@H](OC(=O)C=Cc1ccc(O)c(O)c1)C(=O)O. The molecule has 0 spiro atoms. The van der Waals surface area contributed by atoms with Gasteiger partial charge in [0.05, 0.1) is 6.61 Å². The van der Waals surface area contributed by atoms with Gasteiger partial charge in [-0.3, -0.25) is 0 Å². The Kier molecular flexibility index (Phi) is 6.75. The predicted octanol–water partition coefficient (Wildman–Crippen LogP) is 0.0314. The van der Waals surface area contributed by atoms with Gasteiger partial charge in [0.2, 0.25) is 6.10 Å². The standard InChI is InChI=1S/C15H16O9/c1-2-23-15(22)12(19)13(14(20)21)24-11(18)6-4-8-3-5-9(16)10(17)7-8/h3-7,12-13,16-17,19H,2H2,1H3,(H,20,21)/t12-,13-/m1/s1. The molecule has 2 atom stereocenters. The summed E-state index contributed by atoms with van der Waals surface area (Å²) < 4.78 is 8.99. The van der Waals surface area contributed by atoms with E-state index in [1.165, 1.54) is 25.1 Å². The van der Waals surface area contributed by atoms with Crippen LogP contribution in [-0.2, 0) is 23.9 Å². The molecule has 0 fully saturated rings. The van der Waals surface area contributed by atoms with Gasteiger partial charge in [0.1, 0.15) is 0 Å². The van der Waals surface area contributed by atoms with Crippen LogP contribution in [0.5, 0.6) is 11.5 Å². The number of rotatable bonds is 7. The molecule has 0 unspecified atom stereocenters. The van der Waals surface area contributed by atoms with Crippen LogP contribution < -0.4 is 0 Å². The summed E-state index contributed by atoms with van der Waals surface area (Å²) in [5.74, 6) is -4.85. The average molecular weight is 340 g/mol. The lowest BCUT2D eigenvalue weighted by molar-refractivity contribution is -0.178. The second kappa shape index (κ2) is 8.53. The molecule has 0 radical (unpaired) electrons. The van der Waals surface area contributed by atoms with Crippen molar-refractivity contribution < 1.29 is 44.3 Å². The van der Waals surface area contributed by atoms with Crippen molar-refractivity contribution in [1.82, 2.24) is 0 Å². The fraction of sp³-hybridized carbons (Fsp3) is 0.267. The second-order valence-corrected chi connectivity index (χ2v) is 4.47. The third-order valence-corrected chi connectivity index (χ3v) is 2.71. The normalized spacial score (nSPS) is 13.2. The van der Waals surface area contributed by atoms with Crippen LogP contribution in [0.25, 0.3) is 6.08 Å². The first-order chi connectivity index (χ1) is 11.3. The Hall–Kier alpha value is -3.07. The van der Waals surface area contributed by atoms with E-state index in [4.69, 9.17) is 10.2 Å². The fourth-order valence-electron chi connectivity index (χ4n) is 1.57.